The van der Waals surface area contributed by atoms with E-state index < -0.39 is 18.9 Å². The minimum Gasteiger partial charge on any atom is -0.362 e. The molecule has 1 aliphatic rings. The van der Waals surface area contributed by atoms with E-state index in [2.05, 4.69) is 5.32 Å². The van der Waals surface area contributed by atoms with Gasteiger partial charge in [0.05, 0.1) is 18.2 Å². The smallest absolute Gasteiger partial charge is 0.362 e. The highest BCUT2D eigenvalue weighted by Crippen LogP contribution is 2.32. The van der Waals surface area contributed by atoms with Crippen LogP contribution in [0.4, 0.5) is 18.2 Å². The number of thiophene rings is 1. The summed E-state index contributed by atoms with van der Waals surface area (Å²) in [4.78, 5) is 2.04. The summed E-state index contributed by atoms with van der Waals surface area (Å²) in [5, 5.41) is 6.36. The molecule has 0 amide bonds. The highest BCUT2D eigenvalue weighted by atomic mass is 32.1. The van der Waals surface area contributed by atoms with Gasteiger partial charge in [-0.05, 0) is 17.0 Å². The lowest BCUT2D eigenvalue weighted by atomic mass is 10.1. The Balaban J connectivity index is 1.77. The van der Waals surface area contributed by atoms with Gasteiger partial charge in [-0.1, -0.05) is 30.3 Å². The Morgan fingerprint density at radius 1 is 1.22 bits per heavy atom. The highest BCUT2D eigenvalue weighted by Gasteiger charge is 2.31. The molecule has 0 saturated heterocycles. The van der Waals surface area contributed by atoms with Gasteiger partial charge in [0, 0.05) is 12.1 Å². The zero-order valence-corrected chi connectivity index (χ0v) is 13.2. The first-order chi connectivity index (χ1) is 11.0. The van der Waals surface area contributed by atoms with Crippen molar-refractivity contribution in [3.05, 3.63) is 52.9 Å². The molecule has 1 aliphatic heterocycles. The Bertz CT molecular complexity index is 630. The van der Waals surface area contributed by atoms with Crippen LogP contribution in [0.1, 0.15) is 17.2 Å². The van der Waals surface area contributed by atoms with Crippen molar-refractivity contribution >= 4 is 16.3 Å². The number of ether oxygens (including phenoxy) is 1. The van der Waals surface area contributed by atoms with E-state index in [1.165, 1.54) is 5.56 Å². The molecule has 1 atom stereocenters. The second-order valence-corrected chi connectivity index (χ2v) is 6.28. The average molecular weight is 342 g/mol. The average Bonchev–Trinajstić information content (AvgIpc) is 3.01. The number of anilines is 1. The number of hydrogen-bond acceptors (Lipinski definition) is 4. The van der Waals surface area contributed by atoms with Crippen molar-refractivity contribution in [1.29, 1.82) is 0 Å². The summed E-state index contributed by atoms with van der Waals surface area (Å²) >= 11 is 1.60. The minimum atomic E-state index is -4.33. The molecule has 3 rings (SSSR count). The molecule has 0 spiro atoms. The predicted octanol–water partition coefficient (Wildman–Crippen LogP) is 3.94. The van der Waals surface area contributed by atoms with E-state index in [0.29, 0.717) is 13.2 Å². The quantitative estimate of drug-likeness (QED) is 0.891. The van der Waals surface area contributed by atoms with E-state index in [9.17, 15) is 13.2 Å². The zero-order chi connectivity index (χ0) is 16.3. The Hall–Kier alpha value is -1.57. The van der Waals surface area contributed by atoms with Gasteiger partial charge in [-0.2, -0.15) is 13.2 Å². The molecule has 0 radical (unpaired) electrons. The third kappa shape index (κ3) is 4.25. The van der Waals surface area contributed by atoms with Crippen LogP contribution in [-0.2, 0) is 11.3 Å². The Morgan fingerprint density at radius 3 is 2.74 bits per heavy atom. The molecular formula is C16H17F3N2OS. The van der Waals surface area contributed by atoms with E-state index >= 15 is 0 Å². The fourth-order valence-corrected chi connectivity index (χ4v) is 3.54. The Kier molecular flexibility index (Phi) is 4.89. The molecule has 7 heteroatoms. The SMILES string of the molecule is FC(F)(F)COC(CN1CNCc2ccsc21)c1ccccc1. The van der Waals surface area contributed by atoms with Crippen molar-refractivity contribution in [3.8, 4) is 0 Å². The van der Waals surface area contributed by atoms with Gasteiger partial charge >= 0.3 is 6.18 Å². The molecule has 2 heterocycles. The number of benzene rings is 1. The summed E-state index contributed by atoms with van der Waals surface area (Å²) in [6.45, 7) is 0.521. The van der Waals surface area contributed by atoms with Crippen molar-refractivity contribution in [3.63, 3.8) is 0 Å². The van der Waals surface area contributed by atoms with Crippen LogP contribution in [0.25, 0.3) is 0 Å². The number of halogens is 3. The van der Waals surface area contributed by atoms with Crippen LogP contribution >= 0.6 is 11.3 Å². The zero-order valence-electron chi connectivity index (χ0n) is 12.3. The highest BCUT2D eigenvalue weighted by molar-refractivity contribution is 7.14. The van der Waals surface area contributed by atoms with Crippen LogP contribution in [0.15, 0.2) is 41.8 Å². The largest absolute Gasteiger partial charge is 0.411 e. The fraction of sp³-hybridized carbons (Fsp3) is 0.375. The van der Waals surface area contributed by atoms with Crippen LogP contribution in [0.2, 0.25) is 0 Å². The molecule has 1 unspecified atom stereocenters. The standard InChI is InChI=1S/C16H17F3N2OS/c17-16(18,19)10-22-14(12-4-2-1-3-5-12)9-21-11-20-8-13-6-7-23-15(13)21/h1-7,14,20H,8-11H2. The van der Waals surface area contributed by atoms with E-state index in [1.54, 1.807) is 23.5 Å². The van der Waals surface area contributed by atoms with Crippen molar-refractivity contribution in [1.82, 2.24) is 5.32 Å². The number of nitrogens with zero attached hydrogens (tertiary/aromatic N) is 1. The molecule has 1 N–H and O–H groups in total. The first-order valence-electron chi connectivity index (χ1n) is 7.28. The summed E-state index contributed by atoms with van der Waals surface area (Å²) in [5.41, 5.74) is 1.92. The monoisotopic (exact) mass is 342 g/mol. The number of alkyl halides is 3. The number of fused-ring (bicyclic) bond motifs is 1. The summed E-state index contributed by atoms with van der Waals surface area (Å²) in [7, 11) is 0. The fourth-order valence-electron chi connectivity index (χ4n) is 2.60. The van der Waals surface area contributed by atoms with Crippen LogP contribution in [0.3, 0.4) is 0 Å². The molecule has 2 aromatic rings. The maximum Gasteiger partial charge on any atom is 0.411 e. The Labute approximate surface area is 136 Å². The maximum absolute atomic E-state index is 12.6. The Morgan fingerprint density at radius 2 is 2.00 bits per heavy atom. The van der Waals surface area contributed by atoms with Crippen molar-refractivity contribution in [2.75, 3.05) is 24.7 Å². The second kappa shape index (κ2) is 6.90. The van der Waals surface area contributed by atoms with E-state index in [0.717, 1.165) is 17.1 Å². The molecule has 0 fully saturated rings. The lowest BCUT2D eigenvalue weighted by Crippen LogP contribution is -2.41. The predicted molar refractivity (Wildman–Crippen MR) is 84.6 cm³/mol. The van der Waals surface area contributed by atoms with Gasteiger partial charge in [0.25, 0.3) is 0 Å². The second-order valence-electron chi connectivity index (χ2n) is 5.38. The van der Waals surface area contributed by atoms with Gasteiger partial charge in [0.2, 0.25) is 0 Å². The molecule has 0 saturated carbocycles. The molecule has 0 aliphatic carbocycles. The van der Waals surface area contributed by atoms with Gasteiger partial charge in [-0.15, -0.1) is 11.3 Å². The molecular weight excluding hydrogens is 325 g/mol. The summed E-state index contributed by atoms with van der Waals surface area (Å²) < 4.78 is 42.8. The molecule has 23 heavy (non-hydrogen) atoms. The minimum absolute atomic E-state index is 0.376. The molecule has 124 valence electrons. The van der Waals surface area contributed by atoms with Gasteiger partial charge in [0.1, 0.15) is 12.7 Å². The number of nitrogens with one attached hydrogen (secondary N) is 1. The first kappa shape index (κ1) is 16.3. The summed E-state index contributed by atoms with van der Waals surface area (Å²) in [5.74, 6) is 0. The normalized spacial score (nSPS) is 16.2. The van der Waals surface area contributed by atoms with E-state index in [4.69, 9.17) is 4.74 Å². The van der Waals surface area contributed by atoms with E-state index in [-0.39, 0.29) is 0 Å². The van der Waals surface area contributed by atoms with Gasteiger partial charge in [-0.3, -0.25) is 5.32 Å². The summed E-state index contributed by atoms with van der Waals surface area (Å²) in [6, 6.07) is 11.1. The van der Waals surface area contributed by atoms with Crippen LogP contribution in [0, 0.1) is 0 Å². The molecule has 1 aromatic carbocycles. The van der Waals surface area contributed by atoms with Crippen molar-refractivity contribution < 1.29 is 17.9 Å². The topological polar surface area (TPSA) is 24.5 Å². The number of hydrogen-bond donors (Lipinski definition) is 1. The van der Waals surface area contributed by atoms with Crippen molar-refractivity contribution in [2.45, 2.75) is 18.8 Å². The van der Waals surface area contributed by atoms with Gasteiger partial charge < -0.3 is 9.64 Å². The van der Waals surface area contributed by atoms with Crippen LogP contribution in [0.5, 0.6) is 0 Å². The maximum atomic E-state index is 12.6. The number of rotatable bonds is 5. The van der Waals surface area contributed by atoms with Crippen molar-refractivity contribution in [2.24, 2.45) is 0 Å². The third-order valence-corrected chi connectivity index (χ3v) is 4.65. The molecule has 1 aromatic heterocycles. The summed E-state index contributed by atoms with van der Waals surface area (Å²) in [6.07, 6.45) is -4.96. The molecule has 0 bridgehead atoms. The van der Waals surface area contributed by atoms with Gasteiger partial charge in [0.15, 0.2) is 0 Å². The lowest BCUT2D eigenvalue weighted by Gasteiger charge is -2.32. The van der Waals surface area contributed by atoms with E-state index in [1.807, 2.05) is 34.5 Å². The third-order valence-electron chi connectivity index (χ3n) is 3.63. The lowest BCUT2D eigenvalue weighted by molar-refractivity contribution is -0.185. The van der Waals surface area contributed by atoms with Crippen LogP contribution < -0.4 is 10.2 Å². The first-order valence-corrected chi connectivity index (χ1v) is 8.16. The van der Waals surface area contributed by atoms with Gasteiger partial charge in [-0.25, -0.2) is 0 Å². The van der Waals surface area contributed by atoms with Crippen LogP contribution in [-0.4, -0.2) is 26.0 Å². The molecule has 3 nitrogen and oxygen atoms in total.